The van der Waals surface area contributed by atoms with Gasteiger partial charge in [-0.25, -0.2) is 0 Å². The molecule has 7 rings (SSSR count). The van der Waals surface area contributed by atoms with Crippen LogP contribution in [0, 0.1) is 5.92 Å². The van der Waals surface area contributed by atoms with Crippen LogP contribution in [0.25, 0.3) is 0 Å². The lowest BCUT2D eigenvalue weighted by Crippen LogP contribution is -2.48. The van der Waals surface area contributed by atoms with Crippen LogP contribution in [0.4, 0.5) is 15.5 Å². The number of aromatic nitrogens is 3. The Morgan fingerprint density at radius 2 is 1.92 bits per heavy atom. The van der Waals surface area contributed by atoms with Gasteiger partial charge in [0.1, 0.15) is 0 Å². The second kappa shape index (κ2) is 13.8. The summed E-state index contributed by atoms with van der Waals surface area (Å²) >= 11 is 3.62. The molecule has 4 aromatic rings. The molecule has 2 saturated heterocycles. The van der Waals surface area contributed by atoms with Gasteiger partial charge in [0.25, 0.3) is 5.91 Å². The summed E-state index contributed by atoms with van der Waals surface area (Å²) in [7, 11) is -3.37. The summed E-state index contributed by atoms with van der Waals surface area (Å²) in [5.41, 5.74) is 2.93. The van der Waals surface area contributed by atoms with Crippen molar-refractivity contribution in [2.24, 2.45) is 5.92 Å². The average Bonchev–Trinajstić information content (AvgIpc) is 3.75. The number of fused-ring (bicyclic) bond motifs is 2. The number of hydrogen-bond donors (Lipinski definition) is 2. The molecular weight excluding hydrogens is 719 g/mol. The third-order valence-electron chi connectivity index (χ3n) is 10.5. The number of carbonyl (C=O) groups excluding carboxylic acids is 2. The van der Waals surface area contributed by atoms with Crippen molar-refractivity contribution in [3.05, 3.63) is 106 Å². The molecule has 3 aliphatic heterocycles. The Bertz CT molecular complexity index is 1890. The monoisotopic (exact) mass is 760 g/mol. The van der Waals surface area contributed by atoms with E-state index in [2.05, 4.69) is 31.6 Å². The fourth-order valence-corrected chi connectivity index (χ4v) is 11.1. The lowest BCUT2D eigenvalue weighted by molar-refractivity contribution is -0.146. The maximum atomic E-state index is 16.4. The molecule has 4 heterocycles. The number of piperazine rings is 1. The van der Waals surface area contributed by atoms with E-state index in [1.807, 2.05) is 85.9 Å². The smallest absolute Gasteiger partial charge is 0.264 e. The van der Waals surface area contributed by atoms with E-state index in [4.69, 9.17) is 4.74 Å². The Labute approximate surface area is 300 Å². The van der Waals surface area contributed by atoms with E-state index < -0.39 is 31.6 Å². The summed E-state index contributed by atoms with van der Waals surface area (Å²) in [5.74, 6) is -0.938. The van der Waals surface area contributed by atoms with Crippen LogP contribution in [0.1, 0.15) is 41.6 Å². The Morgan fingerprint density at radius 1 is 1.12 bits per heavy atom. The third-order valence-corrected chi connectivity index (χ3v) is 13.5. The zero-order valence-electron chi connectivity index (χ0n) is 28.4. The molecule has 3 aliphatic rings. The lowest BCUT2D eigenvalue weighted by Gasteiger charge is -2.31. The second-order valence-electron chi connectivity index (χ2n) is 14.1. The highest BCUT2D eigenvalue weighted by atomic mass is 79.9. The van der Waals surface area contributed by atoms with Crippen LogP contribution in [0.15, 0.2) is 83.5 Å². The molecule has 2 amide bonds. The number of aryl methyl sites for hydroxylation is 1. The molecule has 262 valence electrons. The van der Waals surface area contributed by atoms with Crippen molar-refractivity contribution in [1.29, 1.82) is 0 Å². The Hall–Kier alpha value is -3.75. The molecule has 2 N–H and O–H groups in total. The van der Waals surface area contributed by atoms with Crippen molar-refractivity contribution < 1.29 is 23.5 Å². The summed E-state index contributed by atoms with van der Waals surface area (Å²) in [6.07, 6.45) is 1.73. The van der Waals surface area contributed by atoms with Crippen LogP contribution in [-0.4, -0.2) is 72.7 Å². The first kappa shape index (κ1) is 34.7. The first-order valence-electron chi connectivity index (χ1n) is 17.2. The number of anilines is 2. The van der Waals surface area contributed by atoms with Gasteiger partial charge in [-0.05, 0) is 61.0 Å². The minimum atomic E-state index is -3.37. The number of aliphatic hydroxyl groups excluding tert-OH is 1. The van der Waals surface area contributed by atoms with E-state index in [-0.39, 0.29) is 30.9 Å². The number of halogens is 2. The number of nitrogens with one attached hydrogen (secondary N) is 1. The lowest BCUT2D eigenvalue weighted by atomic mass is 9.82. The number of aliphatic hydroxyl groups is 1. The summed E-state index contributed by atoms with van der Waals surface area (Å²) < 4.78 is 25.9. The summed E-state index contributed by atoms with van der Waals surface area (Å²) in [5, 5.41) is 22.0. The van der Waals surface area contributed by atoms with E-state index >= 15 is 4.11 Å². The van der Waals surface area contributed by atoms with Gasteiger partial charge in [-0.1, -0.05) is 70.5 Å². The van der Waals surface area contributed by atoms with Crippen LogP contribution in [0.2, 0.25) is 18.6 Å². The van der Waals surface area contributed by atoms with Crippen LogP contribution in [-0.2, 0) is 33.0 Å². The van der Waals surface area contributed by atoms with Gasteiger partial charge in [-0.3, -0.25) is 14.3 Å². The van der Waals surface area contributed by atoms with Gasteiger partial charge in [0.2, 0.25) is 14.3 Å². The van der Waals surface area contributed by atoms with Crippen LogP contribution < -0.4 is 15.1 Å². The van der Waals surface area contributed by atoms with Gasteiger partial charge in [-0.15, -0.1) is 5.10 Å². The van der Waals surface area contributed by atoms with Crippen molar-refractivity contribution in [3.63, 3.8) is 0 Å². The SMILES string of the molecule is C[C@H]1[C@H]([Si](C)(C)F)[C@@H](CCn2cc(C(CO)c3ccccc3)nn2)O[C@]12C(=O)N(Cc1cccc(N3CCNCC3=O)c1)c1ccc(Br)cc12. The zero-order valence-corrected chi connectivity index (χ0v) is 31.0. The molecule has 1 spiro atoms. The van der Waals surface area contributed by atoms with E-state index in [1.165, 1.54) is 0 Å². The minimum Gasteiger partial charge on any atom is -0.395 e. The molecule has 13 heteroatoms. The average molecular weight is 762 g/mol. The number of ether oxygens (including phenoxy) is 1. The molecule has 0 bridgehead atoms. The maximum absolute atomic E-state index is 16.4. The highest BCUT2D eigenvalue weighted by Gasteiger charge is 2.66. The van der Waals surface area contributed by atoms with E-state index in [0.29, 0.717) is 38.3 Å². The van der Waals surface area contributed by atoms with Crippen molar-refractivity contribution in [2.75, 3.05) is 36.0 Å². The number of carbonyl (C=O) groups is 2. The van der Waals surface area contributed by atoms with Crippen molar-refractivity contribution in [1.82, 2.24) is 20.3 Å². The van der Waals surface area contributed by atoms with Gasteiger partial charge in [0, 0.05) is 53.0 Å². The molecule has 1 aromatic heterocycles. The zero-order chi connectivity index (χ0) is 35.2. The summed E-state index contributed by atoms with van der Waals surface area (Å²) in [6, 6.07) is 23.2. The minimum absolute atomic E-state index is 0.00888. The normalized spacial score (nSPS) is 24.3. The van der Waals surface area contributed by atoms with Gasteiger partial charge in [-0.2, -0.15) is 0 Å². The van der Waals surface area contributed by atoms with Crippen molar-refractivity contribution in [2.45, 2.75) is 62.7 Å². The quantitative estimate of drug-likeness (QED) is 0.162. The molecule has 3 aromatic carbocycles. The standard InChI is InChI=1S/C37H42BrFN6O4Si/c1-24-35(50(2,3)39)33(14-16-43-22-31(41-42-43)29(23-46)26-9-5-4-6-10-26)49-37(24)30-19-27(38)12-13-32(30)45(36(37)48)21-25-8-7-11-28(18-25)44-17-15-40-20-34(44)47/h4-13,18-19,22,24,29,33,35,40,46H,14-17,20-21,23H2,1-3H3/t24-,29?,33+,35-,37+/m0/s1. The molecule has 0 aliphatic carbocycles. The molecule has 10 nitrogen and oxygen atoms in total. The first-order valence-corrected chi connectivity index (χ1v) is 20.9. The highest BCUT2D eigenvalue weighted by Crippen LogP contribution is 2.60. The molecular formula is C37H42BrFN6O4Si. The summed E-state index contributed by atoms with van der Waals surface area (Å²) in [4.78, 5) is 31.0. The van der Waals surface area contributed by atoms with E-state index in [0.717, 1.165) is 32.5 Å². The van der Waals surface area contributed by atoms with Gasteiger partial charge in [0.15, 0.2) is 5.60 Å². The molecule has 2 fully saturated rings. The number of amides is 2. The fraction of sp³-hybridized carbons (Fsp3) is 0.405. The topological polar surface area (TPSA) is 113 Å². The number of benzene rings is 3. The Morgan fingerprint density at radius 3 is 2.66 bits per heavy atom. The summed E-state index contributed by atoms with van der Waals surface area (Å²) in [6.45, 7) is 7.52. The second-order valence-corrected chi connectivity index (χ2v) is 18.8. The number of hydrogen-bond acceptors (Lipinski definition) is 7. The van der Waals surface area contributed by atoms with Crippen LogP contribution >= 0.6 is 15.9 Å². The first-order chi connectivity index (χ1) is 24.0. The van der Waals surface area contributed by atoms with Gasteiger partial charge < -0.3 is 29.1 Å². The van der Waals surface area contributed by atoms with Crippen LogP contribution in [0.5, 0.6) is 0 Å². The predicted molar refractivity (Wildman–Crippen MR) is 195 cm³/mol. The molecule has 50 heavy (non-hydrogen) atoms. The molecule has 1 unspecified atom stereocenters. The molecule has 0 radical (unpaired) electrons. The van der Waals surface area contributed by atoms with Gasteiger partial charge in [0.05, 0.1) is 43.1 Å². The maximum Gasteiger partial charge on any atom is 0.264 e. The van der Waals surface area contributed by atoms with Gasteiger partial charge >= 0.3 is 0 Å². The third kappa shape index (κ3) is 6.23. The fourth-order valence-electron chi connectivity index (χ4n) is 8.23. The van der Waals surface area contributed by atoms with Crippen molar-refractivity contribution in [3.8, 4) is 0 Å². The number of rotatable bonds is 10. The number of nitrogens with zero attached hydrogens (tertiary/aromatic N) is 5. The van der Waals surface area contributed by atoms with Crippen molar-refractivity contribution >= 4 is 47.5 Å². The Balaban J connectivity index is 1.17. The Kier molecular flexibility index (Phi) is 9.54. The van der Waals surface area contributed by atoms with E-state index in [1.54, 1.807) is 27.6 Å². The van der Waals surface area contributed by atoms with E-state index in [9.17, 15) is 14.7 Å². The molecule has 5 atom stereocenters. The van der Waals surface area contributed by atoms with Crippen LogP contribution in [0.3, 0.4) is 0 Å². The largest absolute Gasteiger partial charge is 0.395 e. The predicted octanol–water partition coefficient (Wildman–Crippen LogP) is 5.51. The highest BCUT2D eigenvalue weighted by molar-refractivity contribution is 9.10. The molecule has 0 saturated carbocycles.